The second-order valence-electron chi connectivity index (χ2n) is 8.36. The average molecular weight is 522 g/mol. The first-order valence-corrected chi connectivity index (χ1v) is 12.3. The van der Waals surface area contributed by atoms with E-state index in [9.17, 15) is 14.7 Å². The molecule has 192 valence electrons. The van der Waals surface area contributed by atoms with Crippen molar-refractivity contribution in [1.82, 2.24) is 4.90 Å². The van der Waals surface area contributed by atoms with E-state index in [1.54, 1.807) is 49.6 Å². The first-order valence-electron chi connectivity index (χ1n) is 11.9. The Morgan fingerprint density at radius 1 is 0.946 bits per heavy atom. The molecule has 1 aliphatic heterocycles. The third kappa shape index (κ3) is 5.42. The number of amides is 1. The van der Waals surface area contributed by atoms with E-state index in [1.165, 1.54) is 4.90 Å². The Morgan fingerprint density at radius 3 is 2.35 bits per heavy atom. The SMILES string of the molecule is CCOc1cccc(CN2C(=O)C(=O)/C(=C(\O)c3ccc(Cl)c(OCC)c3)C2c2ccc(OC)cc2)c1. The van der Waals surface area contributed by atoms with Gasteiger partial charge in [-0.15, -0.1) is 0 Å². The number of hydrogen-bond acceptors (Lipinski definition) is 6. The van der Waals surface area contributed by atoms with Crippen molar-refractivity contribution in [3.8, 4) is 17.2 Å². The minimum atomic E-state index is -0.826. The van der Waals surface area contributed by atoms with Crippen LogP contribution in [0, 0.1) is 0 Å². The molecule has 0 bridgehead atoms. The molecular weight excluding hydrogens is 494 g/mol. The summed E-state index contributed by atoms with van der Waals surface area (Å²) in [7, 11) is 1.56. The highest BCUT2D eigenvalue weighted by molar-refractivity contribution is 6.46. The number of Topliss-reactive ketones (excluding diaryl/α,β-unsaturated/α-hetero) is 1. The number of hydrogen-bond donors (Lipinski definition) is 1. The quantitative estimate of drug-likeness (QED) is 0.219. The topological polar surface area (TPSA) is 85.3 Å². The lowest BCUT2D eigenvalue weighted by atomic mass is 9.95. The van der Waals surface area contributed by atoms with Crippen LogP contribution in [0.25, 0.3) is 5.76 Å². The lowest BCUT2D eigenvalue weighted by molar-refractivity contribution is -0.140. The van der Waals surface area contributed by atoms with E-state index >= 15 is 0 Å². The molecule has 3 aromatic carbocycles. The number of benzene rings is 3. The molecule has 1 N–H and O–H groups in total. The minimum absolute atomic E-state index is 0.0131. The molecule has 7 nitrogen and oxygen atoms in total. The maximum atomic E-state index is 13.4. The third-order valence-corrected chi connectivity index (χ3v) is 6.35. The summed E-state index contributed by atoms with van der Waals surface area (Å²) in [6.45, 7) is 4.73. The van der Waals surface area contributed by atoms with Crippen LogP contribution in [0.5, 0.6) is 17.2 Å². The predicted molar refractivity (Wildman–Crippen MR) is 141 cm³/mol. The van der Waals surface area contributed by atoms with E-state index in [-0.39, 0.29) is 17.9 Å². The van der Waals surface area contributed by atoms with Gasteiger partial charge in [-0.25, -0.2) is 0 Å². The van der Waals surface area contributed by atoms with E-state index in [4.69, 9.17) is 25.8 Å². The molecule has 1 aliphatic rings. The number of aliphatic hydroxyl groups excluding tert-OH is 1. The van der Waals surface area contributed by atoms with Crippen LogP contribution in [0.3, 0.4) is 0 Å². The number of ether oxygens (including phenoxy) is 3. The number of methoxy groups -OCH3 is 1. The van der Waals surface area contributed by atoms with Crippen LogP contribution in [-0.2, 0) is 16.1 Å². The third-order valence-electron chi connectivity index (χ3n) is 6.04. The van der Waals surface area contributed by atoms with Gasteiger partial charge < -0.3 is 24.2 Å². The monoisotopic (exact) mass is 521 g/mol. The molecule has 0 aliphatic carbocycles. The van der Waals surface area contributed by atoms with Crippen LogP contribution in [0.15, 0.2) is 72.3 Å². The van der Waals surface area contributed by atoms with E-state index in [1.807, 2.05) is 38.1 Å². The standard InChI is InChI=1S/C29H28ClNO6/c1-4-36-22-8-6-7-18(15-22)17-31-26(19-9-12-21(35-3)13-10-19)25(28(33)29(31)34)27(32)20-11-14-23(30)24(16-20)37-5-2/h6-16,26,32H,4-5,17H2,1-3H3/b27-25-. The summed E-state index contributed by atoms with van der Waals surface area (Å²) in [5.41, 5.74) is 1.75. The molecule has 1 amide bonds. The lowest BCUT2D eigenvalue weighted by Gasteiger charge is -2.26. The molecule has 1 saturated heterocycles. The van der Waals surface area contributed by atoms with Crippen molar-refractivity contribution in [1.29, 1.82) is 0 Å². The number of likely N-dealkylation sites (tertiary alicyclic amines) is 1. The van der Waals surface area contributed by atoms with Crippen LogP contribution < -0.4 is 14.2 Å². The van der Waals surface area contributed by atoms with Gasteiger partial charge in [-0.1, -0.05) is 35.9 Å². The maximum absolute atomic E-state index is 13.4. The van der Waals surface area contributed by atoms with Crippen molar-refractivity contribution < 1.29 is 28.9 Å². The molecule has 0 saturated carbocycles. The summed E-state index contributed by atoms with van der Waals surface area (Å²) in [6, 6.07) is 18.3. The Balaban J connectivity index is 1.83. The minimum Gasteiger partial charge on any atom is -0.507 e. The van der Waals surface area contributed by atoms with Crippen LogP contribution >= 0.6 is 11.6 Å². The highest BCUT2D eigenvalue weighted by atomic mass is 35.5. The molecule has 37 heavy (non-hydrogen) atoms. The van der Waals surface area contributed by atoms with E-state index in [2.05, 4.69) is 0 Å². The van der Waals surface area contributed by atoms with Crippen molar-refractivity contribution in [2.24, 2.45) is 0 Å². The zero-order valence-corrected chi connectivity index (χ0v) is 21.6. The van der Waals surface area contributed by atoms with Crippen LogP contribution in [0.4, 0.5) is 0 Å². The number of halogens is 1. The number of carbonyl (C=O) groups excluding carboxylic acids is 2. The van der Waals surface area contributed by atoms with Gasteiger partial charge in [0.25, 0.3) is 11.7 Å². The summed E-state index contributed by atoms with van der Waals surface area (Å²) in [5, 5.41) is 11.7. The fourth-order valence-electron chi connectivity index (χ4n) is 4.35. The van der Waals surface area contributed by atoms with Crippen LogP contribution in [-0.4, -0.2) is 42.0 Å². The fraction of sp³-hybridized carbons (Fsp3) is 0.241. The van der Waals surface area contributed by atoms with E-state index in [0.717, 1.165) is 5.56 Å². The lowest BCUT2D eigenvalue weighted by Crippen LogP contribution is -2.29. The summed E-state index contributed by atoms with van der Waals surface area (Å²) in [5.74, 6) is -0.111. The van der Waals surface area contributed by atoms with Crippen LogP contribution in [0.1, 0.15) is 36.6 Å². The zero-order valence-electron chi connectivity index (χ0n) is 20.9. The van der Waals surface area contributed by atoms with Gasteiger partial charge in [0.1, 0.15) is 23.0 Å². The second kappa shape index (κ2) is 11.4. The van der Waals surface area contributed by atoms with Gasteiger partial charge in [0, 0.05) is 12.1 Å². The van der Waals surface area contributed by atoms with Gasteiger partial charge in [-0.3, -0.25) is 9.59 Å². The summed E-state index contributed by atoms with van der Waals surface area (Å²) in [4.78, 5) is 28.1. The molecular formula is C29H28ClNO6. The zero-order chi connectivity index (χ0) is 26.5. The van der Waals surface area contributed by atoms with Gasteiger partial charge in [-0.05, 0) is 67.4 Å². The molecule has 0 radical (unpaired) electrons. The molecule has 3 aromatic rings. The maximum Gasteiger partial charge on any atom is 0.295 e. The molecule has 4 rings (SSSR count). The van der Waals surface area contributed by atoms with Crippen molar-refractivity contribution in [2.45, 2.75) is 26.4 Å². The predicted octanol–water partition coefficient (Wildman–Crippen LogP) is 5.77. The molecule has 1 fully saturated rings. The molecule has 0 spiro atoms. The summed E-state index contributed by atoms with van der Waals surface area (Å²) in [6.07, 6.45) is 0. The first kappa shape index (κ1) is 26.1. The number of rotatable bonds is 9. The Hall–Kier alpha value is -3.97. The molecule has 0 aromatic heterocycles. The average Bonchev–Trinajstić information content (AvgIpc) is 3.15. The normalized spacial score (nSPS) is 16.6. The second-order valence-corrected chi connectivity index (χ2v) is 8.77. The van der Waals surface area contributed by atoms with Gasteiger partial charge in [0.15, 0.2) is 0 Å². The Kier molecular flexibility index (Phi) is 8.04. The van der Waals surface area contributed by atoms with Crippen molar-refractivity contribution in [3.63, 3.8) is 0 Å². The summed E-state index contributed by atoms with van der Waals surface area (Å²) >= 11 is 6.22. The van der Waals surface area contributed by atoms with Gasteiger partial charge in [0.05, 0.1) is 37.0 Å². The fourth-order valence-corrected chi connectivity index (χ4v) is 4.52. The summed E-state index contributed by atoms with van der Waals surface area (Å²) < 4.78 is 16.4. The largest absolute Gasteiger partial charge is 0.507 e. The highest BCUT2D eigenvalue weighted by Crippen LogP contribution is 2.41. The molecule has 8 heteroatoms. The number of nitrogens with zero attached hydrogens (tertiary/aromatic N) is 1. The van der Waals surface area contributed by atoms with Crippen molar-refractivity contribution in [2.75, 3.05) is 20.3 Å². The van der Waals surface area contributed by atoms with Gasteiger partial charge in [0.2, 0.25) is 0 Å². The smallest absolute Gasteiger partial charge is 0.295 e. The van der Waals surface area contributed by atoms with Gasteiger partial charge >= 0.3 is 0 Å². The molecule has 1 atom stereocenters. The van der Waals surface area contributed by atoms with Crippen molar-refractivity contribution in [3.05, 3.63) is 94.0 Å². The number of ketones is 1. The number of aliphatic hydroxyl groups is 1. The van der Waals surface area contributed by atoms with E-state index < -0.39 is 17.7 Å². The Bertz CT molecular complexity index is 1330. The Morgan fingerprint density at radius 2 is 1.68 bits per heavy atom. The van der Waals surface area contributed by atoms with Crippen molar-refractivity contribution >= 4 is 29.1 Å². The van der Waals surface area contributed by atoms with E-state index in [0.29, 0.717) is 46.6 Å². The molecule has 1 unspecified atom stereocenters. The van der Waals surface area contributed by atoms with Crippen LogP contribution in [0.2, 0.25) is 5.02 Å². The molecule has 1 heterocycles. The first-order chi connectivity index (χ1) is 17.9. The van der Waals surface area contributed by atoms with Gasteiger partial charge in [-0.2, -0.15) is 0 Å². The Labute approximate surface area is 220 Å². The number of carbonyl (C=O) groups is 2. The highest BCUT2D eigenvalue weighted by Gasteiger charge is 2.46.